The van der Waals surface area contributed by atoms with Gasteiger partial charge in [0, 0.05) is 18.8 Å². The number of nitrogens with one attached hydrogen (secondary N) is 1. The van der Waals surface area contributed by atoms with E-state index >= 15 is 0 Å². The third-order valence-corrected chi connectivity index (χ3v) is 4.69. The SMILES string of the molecule is CNCCn1cc(S(=O)(=O)N(CC(F)(F)F)C(C)C)cn1. The highest BCUT2D eigenvalue weighted by atomic mass is 32.2. The van der Waals surface area contributed by atoms with Crippen molar-refractivity contribution >= 4 is 10.0 Å². The normalized spacial score (nSPS) is 13.3. The second-order valence-electron chi connectivity index (χ2n) is 4.80. The standard InChI is InChI=1S/C11H19F3N4O2S/c1-9(2)18(8-11(12,13)14)21(19,20)10-6-16-17(7-10)5-4-15-3/h6-7,9,15H,4-5,8H2,1-3H3. The summed E-state index contributed by atoms with van der Waals surface area (Å²) in [5.74, 6) is 0. The molecule has 0 spiro atoms. The van der Waals surface area contributed by atoms with E-state index in [9.17, 15) is 21.6 Å². The molecule has 0 aliphatic rings. The molecule has 1 aromatic rings. The zero-order valence-corrected chi connectivity index (χ0v) is 12.9. The number of likely N-dealkylation sites (N-methyl/N-ethyl adjacent to an activating group) is 1. The summed E-state index contributed by atoms with van der Waals surface area (Å²) in [6.45, 7) is 2.27. The maximum atomic E-state index is 12.5. The second kappa shape index (κ2) is 6.75. The van der Waals surface area contributed by atoms with Gasteiger partial charge in [-0.05, 0) is 20.9 Å². The van der Waals surface area contributed by atoms with Crippen LogP contribution in [0.1, 0.15) is 13.8 Å². The quantitative estimate of drug-likeness (QED) is 0.813. The van der Waals surface area contributed by atoms with Crippen LogP contribution in [0.4, 0.5) is 13.2 Å². The molecule has 0 amide bonds. The van der Waals surface area contributed by atoms with Gasteiger partial charge < -0.3 is 5.32 Å². The van der Waals surface area contributed by atoms with Gasteiger partial charge in [0.25, 0.3) is 0 Å². The molecule has 6 nitrogen and oxygen atoms in total. The molecule has 10 heteroatoms. The Kier molecular flexibility index (Phi) is 5.76. The Morgan fingerprint density at radius 3 is 2.52 bits per heavy atom. The number of rotatable bonds is 7. The van der Waals surface area contributed by atoms with Crippen molar-refractivity contribution in [1.82, 2.24) is 19.4 Å². The van der Waals surface area contributed by atoms with E-state index in [0.717, 1.165) is 6.20 Å². The van der Waals surface area contributed by atoms with E-state index in [1.54, 1.807) is 7.05 Å². The predicted molar refractivity (Wildman–Crippen MR) is 71.2 cm³/mol. The third-order valence-electron chi connectivity index (χ3n) is 2.72. The van der Waals surface area contributed by atoms with E-state index < -0.39 is 28.8 Å². The molecule has 1 N–H and O–H groups in total. The first-order valence-electron chi connectivity index (χ1n) is 6.33. The number of sulfonamides is 1. The Morgan fingerprint density at radius 1 is 1.43 bits per heavy atom. The molecule has 0 saturated carbocycles. The largest absolute Gasteiger partial charge is 0.402 e. The zero-order chi connectivity index (χ0) is 16.3. The predicted octanol–water partition coefficient (Wildman–Crippen LogP) is 1.06. The number of hydrogen-bond donors (Lipinski definition) is 1. The van der Waals surface area contributed by atoms with Crippen LogP contribution in [0, 0.1) is 0 Å². The maximum absolute atomic E-state index is 12.5. The molecule has 0 fully saturated rings. The highest BCUT2D eigenvalue weighted by molar-refractivity contribution is 7.89. The Bertz CT molecular complexity index is 554. The lowest BCUT2D eigenvalue weighted by Gasteiger charge is -2.26. The van der Waals surface area contributed by atoms with Crippen LogP contribution in [0.15, 0.2) is 17.3 Å². The summed E-state index contributed by atoms with van der Waals surface area (Å²) in [7, 11) is -2.50. The van der Waals surface area contributed by atoms with Crippen LogP contribution in [0.3, 0.4) is 0 Å². The van der Waals surface area contributed by atoms with Crippen LogP contribution in [0.25, 0.3) is 0 Å². The molecule has 0 saturated heterocycles. The van der Waals surface area contributed by atoms with Crippen LogP contribution >= 0.6 is 0 Å². The van der Waals surface area contributed by atoms with Crippen LogP contribution in [-0.4, -0.2) is 54.9 Å². The van der Waals surface area contributed by atoms with Crippen LogP contribution in [0.5, 0.6) is 0 Å². The summed E-state index contributed by atoms with van der Waals surface area (Å²) >= 11 is 0. The molecule has 0 atom stereocenters. The van der Waals surface area contributed by atoms with Gasteiger partial charge in [-0.2, -0.15) is 22.6 Å². The van der Waals surface area contributed by atoms with Crippen LogP contribution in [0.2, 0.25) is 0 Å². The summed E-state index contributed by atoms with van der Waals surface area (Å²) in [6.07, 6.45) is -2.30. The third kappa shape index (κ3) is 4.97. The van der Waals surface area contributed by atoms with E-state index in [4.69, 9.17) is 0 Å². The number of hydrogen-bond acceptors (Lipinski definition) is 4. The summed E-state index contributed by atoms with van der Waals surface area (Å²) in [4.78, 5) is -0.239. The molecule has 0 aromatic carbocycles. The number of aromatic nitrogens is 2. The first-order valence-corrected chi connectivity index (χ1v) is 7.77. The summed E-state index contributed by atoms with van der Waals surface area (Å²) in [5.41, 5.74) is 0. The minimum Gasteiger partial charge on any atom is -0.318 e. The molecule has 0 aliphatic heterocycles. The van der Waals surface area contributed by atoms with Gasteiger partial charge in [-0.1, -0.05) is 0 Å². The average molecular weight is 328 g/mol. The van der Waals surface area contributed by atoms with Crippen LogP contribution in [-0.2, 0) is 16.6 Å². The lowest BCUT2D eigenvalue weighted by molar-refractivity contribution is -0.138. The lowest BCUT2D eigenvalue weighted by atomic mass is 10.4. The summed E-state index contributed by atoms with van der Waals surface area (Å²) in [6, 6.07) is -0.808. The Hall–Kier alpha value is -1.13. The molecule has 1 aromatic heterocycles. The van der Waals surface area contributed by atoms with Gasteiger partial charge >= 0.3 is 6.18 Å². The molecule has 1 rings (SSSR count). The van der Waals surface area contributed by atoms with Crippen molar-refractivity contribution in [3.63, 3.8) is 0 Å². The van der Waals surface area contributed by atoms with E-state index in [1.165, 1.54) is 24.7 Å². The fraction of sp³-hybridized carbons (Fsp3) is 0.727. The summed E-state index contributed by atoms with van der Waals surface area (Å²) < 4.78 is 64.0. The van der Waals surface area contributed by atoms with Gasteiger partial charge in [-0.25, -0.2) is 8.42 Å². The van der Waals surface area contributed by atoms with Crippen molar-refractivity contribution in [1.29, 1.82) is 0 Å². The second-order valence-corrected chi connectivity index (χ2v) is 6.69. The van der Waals surface area contributed by atoms with Crippen molar-refractivity contribution in [3.8, 4) is 0 Å². The first-order chi connectivity index (χ1) is 9.58. The smallest absolute Gasteiger partial charge is 0.318 e. The van der Waals surface area contributed by atoms with Crippen LogP contribution < -0.4 is 5.32 Å². The highest BCUT2D eigenvalue weighted by Gasteiger charge is 2.38. The van der Waals surface area contributed by atoms with Crippen molar-refractivity contribution in [3.05, 3.63) is 12.4 Å². The highest BCUT2D eigenvalue weighted by Crippen LogP contribution is 2.24. The molecular weight excluding hydrogens is 309 g/mol. The topological polar surface area (TPSA) is 67.2 Å². The Labute approximate surface area is 122 Å². The van der Waals surface area contributed by atoms with Crippen molar-refractivity contribution in [2.24, 2.45) is 0 Å². The molecule has 0 bridgehead atoms. The molecule has 0 radical (unpaired) electrons. The fourth-order valence-corrected chi connectivity index (χ4v) is 3.26. The number of alkyl halides is 3. The number of nitrogens with zero attached hydrogens (tertiary/aromatic N) is 3. The van der Waals surface area contributed by atoms with Gasteiger partial charge in [-0.3, -0.25) is 4.68 Å². The minimum absolute atomic E-state index is 0.239. The fourth-order valence-electron chi connectivity index (χ4n) is 1.68. The van der Waals surface area contributed by atoms with Gasteiger partial charge in [0.1, 0.15) is 11.4 Å². The van der Waals surface area contributed by atoms with E-state index in [2.05, 4.69) is 10.4 Å². The van der Waals surface area contributed by atoms with Gasteiger partial charge in [0.2, 0.25) is 10.0 Å². The number of halogens is 3. The lowest BCUT2D eigenvalue weighted by Crippen LogP contribution is -2.43. The summed E-state index contributed by atoms with van der Waals surface area (Å²) in [5, 5.41) is 6.71. The average Bonchev–Trinajstić information content (AvgIpc) is 2.81. The first kappa shape index (κ1) is 17.9. The van der Waals surface area contributed by atoms with E-state index in [0.29, 0.717) is 17.4 Å². The minimum atomic E-state index is -4.60. The monoisotopic (exact) mass is 328 g/mol. The molecule has 1 heterocycles. The van der Waals surface area contributed by atoms with Gasteiger partial charge in [0.05, 0.1) is 12.7 Å². The molecule has 0 aliphatic carbocycles. The van der Waals surface area contributed by atoms with Gasteiger partial charge in [0.15, 0.2) is 0 Å². The zero-order valence-electron chi connectivity index (χ0n) is 12.1. The molecule has 0 unspecified atom stereocenters. The molecular formula is C11H19F3N4O2S. The van der Waals surface area contributed by atoms with Crippen molar-refractivity contribution in [2.75, 3.05) is 20.1 Å². The van der Waals surface area contributed by atoms with E-state index in [1.807, 2.05) is 0 Å². The molecule has 122 valence electrons. The van der Waals surface area contributed by atoms with Gasteiger partial charge in [-0.15, -0.1) is 0 Å². The Morgan fingerprint density at radius 2 is 2.05 bits per heavy atom. The molecule has 21 heavy (non-hydrogen) atoms. The van der Waals surface area contributed by atoms with Crippen molar-refractivity contribution in [2.45, 2.75) is 37.5 Å². The maximum Gasteiger partial charge on any atom is 0.402 e. The van der Waals surface area contributed by atoms with E-state index in [-0.39, 0.29) is 4.90 Å². The Balaban J connectivity index is 3.03. The van der Waals surface area contributed by atoms with Crippen molar-refractivity contribution < 1.29 is 21.6 Å².